The predicted octanol–water partition coefficient (Wildman–Crippen LogP) is 3.75. The van der Waals surface area contributed by atoms with E-state index in [0.29, 0.717) is 0 Å². The van der Waals surface area contributed by atoms with Crippen molar-refractivity contribution in [1.82, 2.24) is 26.2 Å². The monoisotopic (exact) mass is 640 g/mol. The lowest BCUT2D eigenvalue weighted by atomic mass is 9.90. The molecule has 256 valence electrons. The molecule has 2 aromatic rings. The van der Waals surface area contributed by atoms with Crippen LogP contribution in [0.5, 0.6) is 0 Å². The summed E-state index contributed by atoms with van der Waals surface area (Å²) in [7, 11) is 1.60. The van der Waals surface area contributed by atoms with E-state index < -0.39 is 11.3 Å². The fourth-order valence-corrected chi connectivity index (χ4v) is 6.41. The van der Waals surface area contributed by atoms with E-state index in [-0.39, 0.29) is 17.2 Å². The van der Waals surface area contributed by atoms with E-state index in [1.165, 1.54) is 37.3 Å². The first-order valence-electron chi connectivity index (χ1n) is 17.1. The standard InChI is InChI=1S/C20H32N4O.C11H13FO2.C5H12N2/c1-20(2,24-14-4-10-22-12-16-24)19(25)17-5-7-18(8-6-17)23-13-3-9-21-11-15-23;1-10(2)11(13-3,14-10)8-4-6-9(12)7-5-8;1-2-6-4-5-7-3-1/h5-8,21-22H,3-4,9-16H2,1-2H3;4-7H,1-3H3;6-7H,1-5H2. The maximum atomic E-state index is 13.1. The van der Waals surface area contributed by atoms with E-state index in [1.807, 2.05) is 26.0 Å². The van der Waals surface area contributed by atoms with Crippen molar-refractivity contribution in [3.8, 4) is 0 Å². The Morgan fingerprint density at radius 1 is 0.761 bits per heavy atom. The van der Waals surface area contributed by atoms with Crippen LogP contribution in [-0.4, -0.2) is 107 Å². The van der Waals surface area contributed by atoms with Crippen molar-refractivity contribution in [3.63, 3.8) is 0 Å². The zero-order valence-electron chi connectivity index (χ0n) is 28.7. The molecule has 1 unspecified atom stereocenters. The second-order valence-electron chi connectivity index (χ2n) is 13.4. The molecule has 6 rings (SSSR count). The van der Waals surface area contributed by atoms with Crippen molar-refractivity contribution >= 4 is 11.5 Å². The Hall–Kier alpha value is -2.44. The van der Waals surface area contributed by atoms with Gasteiger partial charge < -0.3 is 35.6 Å². The molecule has 4 aliphatic rings. The average molecular weight is 641 g/mol. The number of Topliss-reactive ketones (excluding diaryl/α,β-unsaturated/α-hetero) is 1. The number of hydrogen-bond donors (Lipinski definition) is 4. The first-order chi connectivity index (χ1) is 22.1. The lowest BCUT2D eigenvalue weighted by Crippen LogP contribution is -2.51. The summed E-state index contributed by atoms with van der Waals surface area (Å²) in [6, 6.07) is 14.4. The molecule has 46 heavy (non-hydrogen) atoms. The smallest absolute Gasteiger partial charge is 0.225 e. The summed E-state index contributed by atoms with van der Waals surface area (Å²) in [4.78, 5) is 17.9. The maximum Gasteiger partial charge on any atom is 0.225 e. The zero-order valence-corrected chi connectivity index (χ0v) is 28.7. The Kier molecular flexibility index (Phi) is 13.5. The molecule has 0 aliphatic carbocycles. The van der Waals surface area contributed by atoms with Crippen LogP contribution in [0.3, 0.4) is 0 Å². The highest BCUT2D eigenvalue weighted by molar-refractivity contribution is 6.02. The molecule has 4 fully saturated rings. The number of ether oxygens (including phenoxy) is 2. The minimum Gasteiger partial charge on any atom is -0.370 e. The number of carbonyl (C=O) groups excluding carboxylic acids is 1. The highest BCUT2D eigenvalue weighted by Crippen LogP contribution is 2.55. The van der Waals surface area contributed by atoms with Gasteiger partial charge in [0.15, 0.2) is 5.78 Å². The van der Waals surface area contributed by atoms with Gasteiger partial charge in [-0.05, 0) is 110 Å². The molecule has 2 aromatic carbocycles. The summed E-state index contributed by atoms with van der Waals surface area (Å²) in [6.07, 6.45) is 3.54. The Labute approximate surface area is 276 Å². The number of halogens is 1. The molecular formula is C36H57FN6O3. The molecule has 0 spiro atoms. The number of epoxide rings is 1. The number of nitrogens with zero attached hydrogens (tertiary/aromatic N) is 2. The summed E-state index contributed by atoms with van der Waals surface area (Å²) in [6.45, 7) is 20.8. The van der Waals surface area contributed by atoms with Crippen LogP contribution >= 0.6 is 0 Å². The molecule has 9 nitrogen and oxygen atoms in total. The quantitative estimate of drug-likeness (QED) is 0.279. The highest BCUT2D eigenvalue weighted by Gasteiger charge is 2.66. The number of ketones is 1. The molecule has 4 aliphatic heterocycles. The molecule has 0 aromatic heterocycles. The largest absolute Gasteiger partial charge is 0.370 e. The van der Waals surface area contributed by atoms with Crippen LogP contribution in [0.1, 0.15) is 62.9 Å². The summed E-state index contributed by atoms with van der Waals surface area (Å²) in [5.74, 6) is -0.724. The Balaban J connectivity index is 0.000000190. The van der Waals surface area contributed by atoms with Crippen LogP contribution in [0.2, 0.25) is 0 Å². The van der Waals surface area contributed by atoms with Crippen LogP contribution in [0.4, 0.5) is 10.1 Å². The van der Waals surface area contributed by atoms with E-state index >= 15 is 0 Å². The van der Waals surface area contributed by atoms with Crippen LogP contribution < -0.4 is 26.2 Å². The number of rotatable bonds is 6. The van der Waals surface area contributed by atoms with Crippen molar-refractivity contribution in [2.75, 3.05) is 90.5 Å². The Bertz CT molecular complexity index is 1170. The lowest BCUT2D eigenvalue weighted by Gasteiger charge is -2.36. The zero-order chi connectivity index (χ0) is 33.0. The first kappa shape index (κ1) is 36.4. The van der Waals surface area contributed by atoms with Gasteiger partial charge in [-0.1, -0.05) is 12.1 Å². The van der Waals surface area contributed by atoms with Gasteiger partial charge in [-0.2, -0.15) is 0 Å². The van der Waals surface area contributed by atoms with Gasteiger partial charge in [0, 0.05) is 76.3 Å². The van der Waals surface area contributed by atoms with Gasteiger partial charge in [0.2, 0.25) is 5.79 Å². The van der Waals surface area contributed by atoms with E-state index in [1.54, 1.807) is 19.2 Å². The van der Waals surface area contributed by atoms with Gasteiger partial charge in [0.25, 0.3) is 0 Å². The van der Waals surface area contributed by atoms with E-state index in [9.17, 15) is 9.18 Å². The second-order valence-corrected chi connectivity index (χ2v) is 13.4. The third-order valence-corrected chi connectivity index (χ3v) is 9.37. The molecular weight excluding hydrogens is 583 g/mol. The minimum absolute atomic E-state index is 0.221. The van der Waals surface area contributed by atoms with Gasteiger partial charge >= 0.3 is 0 Å². The Morgan fingerprint density at radius 2 is 1.30 bits per heavy atom. The molecule has 4 saturated heterocycles. The molecule has 0 amide bonds. The number of methoxy groups -OCH3 is 1. The normalized spacial score (nSPS) is 23.7. The number of benzene rings is 2. The lowest BCUT2D eigenvalue weighted by molar-refractivity contribution is -0.0148. The second kappa shape index (κ2) is 17.1. The Morgan fingerprint density at radius 3 is 1.89 bits per heavy atom. The predicted molar refractivity (Wildman–Crippen MR) is 184 cm³/mol. The maximum absolute atomic E-state index is 13.1. The third kappa shape index (κ3) is 9.56. The van der Waals surface area contributed by atoms with Gasteiger partial charge in [-0.25, -0.2) is 4.39 Å². The molecule has 0 radical (unpaired) electrons. The molecule has 1 atom stereocenters. The summed E-state index contributed by atoms with van der Waals surface area (Å²) in [5.41, 5.74) is 2.10. The van der Waals surface area contributed by atoms with Crippen LogP contribution in [0, 0.1) is 5.82 Å². The SMILES string of the molecule is C1CNCCNC1.CC(C)(C(=O)c1ccc(N2CCCNCC2)cc1)N1CCCNCC1.COC1(c2ccc(F)cc2)OC1(C)C. The van der Waals surface area contributed by atoms with Gasteiger partial charge in [0.1, 0.15) is 11.4 Å². The molecule has 4 N–H and O–H groups in total. The summed E-state index contributed by atoms with van der Waals surface area (Å²) in [5, 5.41) is 13.4. The number of hydrogen-bond acceptors (Lipinski definition) is 9. The fourth-order valence-electron chi connectivity index (χ4n) is 6.41. The van der Waals surface area contributed by atoms with Crippen LogP contribution in [0.25, 0.3) is 0 Å². The van der Waals surface area contributed by atoms with Gasteiger partial charge in [-0.15, -0.1) is 0 Å². The van der Waals surface area contributed by atoms with Crippen molar-refractivity contribution in [2.45, 2.75) is 63.9 Å². The van der Waals surface area contributed by atoms with Crippen molar-refractivity contribution < 1.29 is 18.7 Å². The average Bonchev–Trinajstić information content (AvgIpc) is 3.85. The summed E-state index contributed by atoms with van der Waals surface area (Å²) < 4.78 is 23.6. The fraction of sp³-hybridized carbons (Fsp3) is 0.639. The summed E-state index contributed by atoms with van der Waals surface area (Å²) >= 11 is 0. The van der Waals surface area contributed by atoms with E-state index in [4.69, 9.17) is 9.47 Å². The van der Waals surface area contributed by atoms with Crippen LogP contribution in [-0.2, 0) is 15.3 Å². The van der Waals surface area contributed by atoms with Crippen molar-refractivity contribution in [3.05, 3.63) is 65.5 Å². The first-order valence-corrected chi connectivity index (χ1v) is 17.1. The van der Waals surface area contributed by atoms with Crippen LogP contribution in [0.15, 0.2) is 48.5 Å². The van der Waals surface area contributed by atoms with Gasteiger partial charge in [-0.3, -0.25) is 9.69 Å². The topological polar surface area (TPSA) is 93.4 Å². The minimum atomic E-state index is -0.694. The third-order valence-electron chi connectivity index (χ3n) is 9.37. The molecule has 0 bridgehead atoms. The van der Waals surface area contributed by atoms with E-state index in [0.717, 1.165) is 89.4 Å². The number of anilines is 1. The van der Waals surface area contributed by atoms with Crippen molar-refractivity contribution in [2.24, 2.45) is 0 Å². The van der Waals surface area contributed by atoms with E-state index in [2.05, 4.69) is 57.0 Å². The number of carbonyl (C=O) groups is 1. The molecule has 4 heterocycles. The highest BCUT2D eigenvalue weighted by atomic mass is 19.1. The van der Waals surface area contributed by atoms with Gasteiger partial charge in [0.05, 0.1) is 5.54 Å². The van der Waals surface area contributed by atoms with Crippen molar-refractivity contribution in [1.29, 1.82) is 0 Å². The molecule has 0 saturated carbocycles. The number of nitrogens with one attached hydrogen (secondary N) is 4. The molecule has 10 heteroatoms.